The molecule has 126 valence electrons. The van der Waals surface area contributed by atoms with E-state index >= 15 is 0 Å². The maximum Gasteiger partial charge on any atom is 0.224 e. The highest BCUT2D eigenvalue weighted by molar-refractivity contribution is 9.10. The molecule has 0 aromatic heterocycles. The summed E-state index contributed by atoms with van der Waals surface area (Å²) in [5.74, 6) is 1.19. The number of methoxy groups -OCH3 is 2. The number of hydrogen-bond donors (Lipinski definition) is 2. The Morgan fingerprint density at radius 3 is 2.32 bits per heavy atom. The molecule has 1 aromatic carbocycles. The number of nitrogens with two attached hydrogens (primary N) is 1. The van der Waals surface area contributed by atoms with Crippen molar-refractivity contribution in [1.82, 2.24) is 0 Å². The number of benzene rings is 1. The van der Waals surface area contributed by atoms with E-state index in [1.165, 1.54) is 0 Å². The Morgan fingerprint density at radius 2 is 1.73 bits per heavy atom. The maximum absolute atomic E-state index is 11.9. The molecule has 1 aromatic rings. The number of anilines is 1. The minimum Gasteiger partial charge on any atom is -0.493 e. The van der Waals surface area contributed by atoms with Crippen molar-refractivity contribution in [2.75, 3.05) is 26.1 Å². The van der Waals surface area contributed by atoms with Crippen LogP contribution in [0, 0.1) is 0 Å². The molecule has 22 heavy (non-hydrogen) atoms. The van der Waals surface area contributed by atoms with Gasteiger partial charge in [-0.3, -0.25) is 4.79 Å². The second kappa shape index (κ2) is 11.6. The van der Waals surface area contributed by atoms with E-state index in [4.69, 9.17) is 15.2 Å². The Hall–Kier alpha value is -0.980. The Balaban J connectivity index is 0.00000441. The fourth-order valence-corrected chi connectivity index (χ4v) is 2.37. The van der Waals surface area contributed by atoms with Crippen LogP contribution in [0.4, 0.5) is 5.69 Å². The molecule has 7 heteroatoms. The number of hydrogen-bond acceptors (Lipinski definition) is 4. The van der Waals surface area contributed by atoms with Crippen LogP contribution in [0.1, 0.15) is 32.1 Å². The lowest BCUT2D eigenvalue weighted by Crippen LogP contribution is -2.12. The third-order valence-electron chi connectivity index (χ3n) is 3.11. The summed E-state index contributed by atoms with van der Waals surface area (Å²) in [6.45, 7) is 0.713. The average molecular weight is 396 g/mol. The molecule has 0 saturated carbocycles. The third kappa shape index (κ3) is 6.85. The highest BCUT2D eigenvalue weighted by Crippen LogP contribution is 2.36. The van der Waals surface area contributed by atoms with Crippen molar-refractivity contribution in [2.24, 2.45) is 5.73 Å². The first kappa shape index (κ1) is 21.0. The van der Waals surface area contributed by atoms with E-state index in [2.05, 4.69) is 21.2 Å². The van der Waals surface area contributed by atoms with Crippen LogP contribution in [0.15, 0.2) is 16.6 Å². The predicted octanol–water partition coefficient (Wildman–Crippen LogP) is 3.74. The van der Waals surface area contributed by atoms with Gasteiger partial charge in [0.2, 0.25) is 5.91 Å². The molecule has 0 aliphatic carbocycles. The number of halogens is 2. The number of carbonyl (C=O) groups excluding carboxylic acids is 1. The standard InChI is InChI=1S/C15H23BrN2O3.ClH/c1-20-13-9-11(16)12(10-14(13)21-2)18-15(19)7-5-3-4-6-8-17;/h9-10H,3-8,17H2,1-2H3,(H,18,19);1H. The van der Waals surface area contributed by atoms with E-state index < -0.39 is 0 Å². The Bertz CT molecular complexity index is 472. The SMILES string of the molecule is COc1cc(Br)c(NC(=O)CCCCCCN)cc1OC.Cl. The molecule has 0 aliphatic heterocycles. The van der Waals surface area contributed by atoms with Gasteiger partial charge in [0.1, 0.15) is 0 Å². The Kier molecular flexibility index (Phi) is 11.1. The fraction of sp³-hybridized carbons (Fsp3) is 0.533. The van der Waals surface area contributed by atoms with E-state index in [9.17, 15) is 4.79 Å². The summed E-state index contributed by atoms with van der Waals surface area (Å²) in [5.41, 5.74) is 6.11. The van der Waals surface area contributed by atoms with Crippen LogP contribution in [0.5, 0.6) is 11.5 Å². The minimum atomic E-state index is -0.00401. The van der Waals surface area contributed by atoms with Gasteiger partial charge in [-0.1, -0.05) is 12.8 Å². The van der Waals surface area contributed by atoms with Gasteiger partial charge < -0.3 is 20.5 Å². The first-order valence-corrected chi connectivity index (χ1v) is 7.83. The van der Waals surface area contributed by atoms with Crippen LogP contribution >= 0.6 is 28.3 Å². The van der Waals surface area contributed by atoms with E-state index in [-0.39, 0.29) is 18.3 Å². The molecule has 0 heterocycles. The smallest absolute Gasteiger partial charge is 0.224 e. The Morgan fingerprint density at radius 1 is 1.14 bits per heavy atom. The highest BCUT2D eigenvalue weighted by Gasteiger charge is 2.11. The zero-order valence-electron chi connectivity index (χ0n) is 13.0. The van der Waals surface area contributed by atoms with E-state index in [0.29, 0.717) is 30.2 Å². The van der Waals surface area contributed by atoms with Crippen molar-refractivity contribution in [3.05, 3.63) is 16.6 Å². The number of carbonyl (C=O) groups is 1. The normalized spacial score (nSPS) is 9.82. The first-order chi connectivity index (χ1) is 10.1. The van der Waals surface area contributed by atoms with Gasteiger partial charge >= 0.3 is 0 Å². The summed E-state index contributed by atoms with van der Waals surface area (Å²) in [7, 11) is 3.14. The topological polar surface area (TPSA) is 73.6 Å². The molecular weight excluding hydrogens is 372 g/mol. The zero-order valence-corrected chi connectivity index (χ0v) is 15.4. The summed E-state index contributed by atoms with van der Waals surface area (Å²) in [6, 6.07) is 3.52. The van der Waals surface area contributed by atoms with Gasteiger partial charge in [-0.05, 0) is 35.3 Å². The average Bonchev–Trinajstić information content (AvgIpc) is 2.48. The van der Waals surface area contributed by atoms with Gasteiger partial charge in [0.05, 0.1) is 19.9 Å². The number of rotatable bonds is 9. The van der Waals surface area contributed by atoms with Gasteiger partial charge in [-0.15, -0.1) is 12.4 Å². The molecule has 3 N–H and O–H groups in total. The molecule has 5 nitrogen and oxygen atoms in total. The van der Waals surface area contributed by atoms with Gasteiger partial charge in [0.15, 0.2) is 11.5 Å². The molecule has 0 radical (unpaired) electrons. The summed E-state index contributed by atoms with van der Waals surface area (Å²) in [5, 5.41) is 2.88. The van der Waals surface area contributed by atoms with E-state index in [0.717, 1.165) is 30.2 Å². The van der Waals surface area contributed by atoms with Gasteiger partial charge in [0.25, 0.3) is 0 Å². The maximum atomic E-state index is 11.9. The molecule has 0 spiro atoms. The molecule has 1 rings (SSSR count). The van der Waals surface area contributed by atoms with Crippen LogP contribution in [0.25, 0.3) is 0 Å². The van der Waals surface area contributed by atoms with Crippen molar-refractivity contribution in [3.8, 4) is 11.5 Å². The highest BCUT2D eigenvalue weighted by atomic mass is 79.9. The molecule has 0 saturated heterocycles. The van der Waals surface area contributed by atoms with Crippen LogP contribution in [-0.4, -0.2) is 26.7 Å². The molecule has 0 aliphatic rings. The zero-order chi connectivity index (χ0) is 15.7. The Labute approximate surface area is 146 Å². The second-order valence-electron chi connectivity index (χ2n) is 4.69. The van der Waals surface area contributed by atoms with Gasteiger partial charge in [-0.2, -0.15) is 0 Å². The van der Waals surface area contributed by atoms with Gasteiger partial charge in [0, 0.05) is 23.0 Å². The van der Waals surface area contributed by atoms with Crippen LogP contribution in [-0.2, 0) is 4.79 Å². The summed E-state index contributed by atoms with van der Waals surface area (Å²) in [6.07, 6.45) is 4.49. The quantitative estimate of drug-likeness (QED) is 0.625. The number of unbranched alkanes of at least 4 members (excludes halogenated alkanes) is 3. The predicted molar refractivity (Wildman–Crippen MR) is 95.3 cm³/mol. The summed E-state index contributed by atoms with van der Waals surface area (Å²) >= 11 is 3.42. The number of ether oxygens (including phenoxy) is 2. The van der Waals surface area contributed by atoms with Crippen LogP contribution < -0.4 is 20.5 Å². The molecule has 1 amide bonds. The van der Waals surface area contributed by atoms with E-state index in [1.807, 2.05) is 0 Å². The van der Waals surface area contributed by atoms with Crippen molar-refractivity contribution >= 4 is 39.9 Å². The molecular formula is C15H24BrClN2O3. The second-order valence-corrected chi connectivity index (χ2v) is 5.54. The van der Waals surface area contributed by atoms with Crippen molar-refractivity contribution in [2.45, 2.75) is 32.1 Å². The molecule has 0 unspecified atom stereocenters. The van der Waals surface area contributed by atoms with Crippen molar-refractivity contribution in [3.63, 3.8) is 0 Å². The van der Waals surface area contributed by atoms with Crippen LogP contribution in [0.3, 0.4) is 0 Å². The van der Waals surface area contributed by atoms with E-state index in [1.54, 1.807) is 26.4 Å². The number of amides is 1. The third-order valence-corrected chi connectivity index (χ3v) is 3.76. The lowest BCUT2D eigenvalue weighted by Gasteiger charge is -2.12. The molecule has 0 fully saturated rings. The monoisotopic (exact) mass is 394 g/mol. The lowest BCUT2D eigenvalue weighted by atomic mass is 10.1. The summed E-state index contributed by atoms with van der Waals surface area (Å²) in [4.78, 5) is 11.9. The van der Waals surface area contributed by atoms with Gasteiger partial charge in [-0.25, -0.2) is 0 Å². The van der Waals surface area contributed by atoms with Crippen LogP contribution in [0.2, 0.25) is 0 Å². The lowest BCUT2D eigenvalue weighted by molar-refractivity contribution is -0.116. The molecule has 0 atom stereocenters. The molecule has 0 bridgehead atoms. The minimum absolute atomic E-state index is 0. The first-order valence-electron chi connectivity index (χ1n) is 7.03. The van der Waals surface area contributed by atoms with Crippen molar-refractivity contribution in [1.29, 1.82) is 0 Å². The fourth-order valence-electron chi connectivity index (χ4n) is 1.95. The van der Waals surface area contributed by atoms with Crippen molar-refractivity contribution < 1.29 is 14.3 Å². The summed E-state index contributed by atoms with van der Waals surface area (Å²) < 4.78 is 11.2. The number of nitrogens with one attached hydrogen (secondary N) is 1. The largest absolute Gasteiger partial charge is 0.493 e.